The van der Waals surface area contributed by atoms with Gasteiger partial charge in [0.05, 0.1) is 0 Å². The van der Waals surface area contributed by atoms with Gasteiger partial charge in [-0.2, -0.15) is 0 Å². The molecular weight excluding hydrogens is 168 g/mol. The maximum absolute atomic E-state index is 6.04. The fraction of sp³-hybridized carbons (Fsp3) is 0.273. The summed E-state index contributed by atoms with van der Waals surface area (Å²) in [5, 5.41) is 0.807. The van der Waals surface area contributed by atoms with Crippen molar-refractivity contribution >= 4 is 17.2 Å². The van der Waals surface area contributed by atoms with Gasteiger partial charge in [-0.15, -0.1) is 0 Å². The molecule has 0 amide bonds. The van der Waals surface area contributed by atoms with E-state index in [0.717, 1.165) is 22.6 Å². The summed E-state index contributed by atoms with van der Waals surface area (Å²) in [5.41, 5.74) is 3.43. The molecule has 12 heavy (non-hydrogen) atoms. The predicted molar refractivity (Wildman–Crippen MR) is 55.5 cm³/mol. The highest BCUT2D eigenvalue weighted by Gasteiger charge is 2.04. The Morgan fingerprint density at radius 2 is 2.17 bits per heavy atom. The van der Waals surface area contributed by atoms with E-state index in [9.17, 15) is 0 Å². The molecule has 0 aliphatic carbocycles. The maximum Gasteiger partial charge on any atom is 0.0483 e. The Hall–Kier alpha value is -0.750. The zero-order valence-electron chi connectivity index (χ0n) is 7.52. The molecule has 1 aromatic rings. The van der Waals surface area contributed by atoms with E-state index in [0.29, 0.717) is 0 Å². The van der Waals surface area contributed by atoms with Crippen LogP contribution in [0.4, 0.5) is 0 Å². The number of hydrogen-bond acceptors (Lipinski definition) is 0. The van der Waals surface area contributed by atoms with Crippen LogP contribution in [0.3, 0.4) is 0 Å². The van der Waals surface area contributed by atoms with Crippen molar-refractivity contribution in [2.45, 2.75) is 20.3 Å². The van der Waals surface area contributed by atoms with Gasteiger partial charge in [-0.05, 0) is 36.1 Å². The molecule has 0 heterocycles. The molecule has 0 unspecified atom stereocenters. The first-order valence-electron chi connectivity index (χ1n) is 4.10. The minimum absolute atomic E-state index is 0.807. The molecule has 0 radical (unpaired) electrons. The molecule has 1 rings (SSSR count). The first-order chi connectivity index (χ1) is 5.66. The number of rotatable bonds is 2. The Morgan fingerprint density at radius 3 is 2.67 bits per heavy atom. The number of aryl methyl sites for hydroxylation is 1. The van der Waals surface area contributed by atoms with Crippen LogP contribution in [0.15, 0.2) is 24.8 Å². The second-order valence-electron chi connectivity index (χ2n) is 2.89. The second kappa shape index (κ2) is 3.77. The van der Waals surface area contributed by atoms with Crippen LogP contribution in [0, 0.1) is 6.92 Å². The van der Waals surface area contributed by atoms with Crippen molar-refractivity contribution in [2.24, 2.45) is 0 Å². The summed E-state index contributed by atoms with van der Waals surface area (Å²) in [7, 11) is 0. The molecular formula is C11H13Cl. The van der Waals surface area contributed by atoms with Gasteiger partial charge in [0.1, 0.15) is 0 Å². The van der Waals surface area contributed by atoms with Crippen LogP contribution in [0.5, 0.6) is 0 Å². The SMILES string of the molecule is C=C(CC)c1c(C)cccc1Cl. The zero-order chi connectivity index (χ0) is 9.14. The van der Waals surface area contributed by atoms with Gasteiger partial charge in [-0.3, -0.25) is 0 Å². The number of allylic oxidation sites excluding steroid dienone is 1. The van der Waals surface area contributed by atoms with Gasteiger partial charge in [0.15, 0.2) is 0 Å². The third kappa shape index (κ3) is 1.70. The van der Waals surface area contributed by atoms with E-state index in [-0.39, 0.29) is 0 Å². The quantitative estimate of drug-likeness (QED) is 0.644. The Kier molecular flexibility index (Phi) is 2.93. The molecule has 0 aliphatic heterocycles. The molecule has 0 saturated carbocycles. The van der Waals surface area contributed by atoms with E-state index in [1.165, 1.54) is 5.56 Å². The van der Waals surface area contributed by atoms with Crippen LogP contribution in [0.25, 0.3) is 5.57 Å². The molecule has 0 N–H and O–H groups in total. The molecule has 0 fully saturated rings. The van der Waals surface area contributed by atoms with Gasteiger partial charge in [-0.25, -0.2) is 0 Å². The number of halogens is 1. The topological polar surface area (TPSA) is 0 Å². The summed E-state index contributed by atoms with van der Waals surface area (Å²) in [6.07, 6.45) is 0.949. The summed E-state index contributed by atoms with van der Waals surface area (Å²) in [6, 6.07) is 5.93. The average molecular weight is 181 g/mol. The van der Waals surface area contributed by atoms with E-state index in [1.54, 1.807) is 0 Å². The minimum atomic E-state index is 0.807. The summed E-state index contributed by atoms with van der Waals surface area (Å²) in [4.78, 5) is 0. The third-order valence-electron chi connectivity index (χ3n) is 2.00. The Labute approximate surface area is 78.9 Å². The molecule has 0 atom stereocenters. The van der Waals surface area contributed by atoms with Crippen LogP contribution in [-0.2, 0) is 0 Å². The Bertz CT molecular complexity index is 280. The number of hydrogen-bond donors (Lipinski definition) is 0. The zero-order valence-corrected chi connectivity index (χ0v) is 8.28. The predicted octanol–water partition coefficient (Wildman–Crippen LogP) is 4.07. The van der Waals surface area contributed by atoms with E-state index in [2.05, 4.69) is 26.5 Å². The summed E-state index contributed by atoms with van der Waals surface area (Å²) in [6.45, 7) is 8.13. The first kappa shape index (κ1) is 9.34. The monoisotopic (exact) mass is 180 g/mol. The van der Waals surface area contributed by atoms with E-state index in [4.69, 9.17) is 11.6 Å². The Morgan fingerprint density at radius 1 is 1.50 bits per heavy atom. The van der Waals surface area contributed by atoms with Gasteiger partial charge in [-0.1, -0.05) is 37.2 Å². The standard InChI is InChI=1S/C11H13Cl/c1-4-8(2)11-9(3)6-5-7-10(11)12/h5-7H,2,4H2,1,3H3. The highest BCUT2D eigenvalue weighted by molar-refractivity contribution is 6.32. The smallest absolute Gasteiger partial charge is 0.0483 e. The Balaban J connectivity index is 3.21. The fourth-order valence-electron chi connectivity index (χ4n) is 1.26. The molecule has 0 aliphatic rings. The minimum Gasteiger partial charge on any atom is -0.0952 e. The highest BCUT2D eigenvalue weighted by atomic mass is 35.5. The molecule has 64 valence electrons. The highest BCUT2D eigenvalue weighted by Crippen LogP contribution is 2.27. The van der Waals surface area contributed by atoms with Gasteiger partial charge in [0.25, 0.3) is 0 Å². The van der Waals surface area contributed by atoms with Crippen LogP contribution in [-0.4, -0.2) is 0 Å². The van der Waals surface area contributed by atoms with Crippen molar-refractivity contribution in [2.75, 3.05) is 0 Å². The lowest BCUT2D eigenvalue weighted by atomic mass is 10.0. The van der Waals surface area contributed by atoms with E-state index < -0.39 is 0 Å². The van der Waals surface area contributed by atoms with Crippen molar-refractivity contribution in [3.8, 4) is 0 Å². The molecule has 0 spiro atoms. The molecule has 0 saturated heterocycles. The van der Waals surface area contributed by atoms with Crippen LogP contribution in [0.2, 0.25) is 5.02 Å². The van der Waals surface area contributed by atoms with Crippen molar-refractivity contribution in [1.29, 1.82) is 0 Å². The molecule has 1 heteroatoms. The average Bonchev–Trinajstić information content (AvgIpc) is 2.03. The van der Waals surface area contributed by atoms with E-state index >= 15 is 0 Å². The van der Waals surface area contributed by atoms with Crippen molar-refractivity contribution in [3.63, 3.8) is 0 Å². The van der Waals surface area contributed by atoms with Crippen LogP contribution >= 0.6 is 11.6 Å². The van der Waals surface area contributed by atoms with Gasteiger partial charge in [0, 0.05) is 5.02 Å². The van der Waals surface area contributed by atoms with Crippen molar-refractivity contribution in [3.05, 3.63) is 40.9 Å². The molecule has 0 aromatic heterocycles. The van der Waals surface area contributed by atoms with Crippen LogP contribution < -0.4 is 0 Å². The van der Waals surface area contributed by atoms with Crippen LogP contribution in [0.1, 0.15) is 24.5 Å². The normalized spacial score (nSPS) is 9.92. The lowest BCUT2D eigenvalue weighted by molar-refractivity contribution is 1.23. The van der Waals surface area contributed by atoms with Gasteiger partial charge < -0.3 is 0 Å². The molecule has 0 nitrogen and oxygen atoms in total. The van der Waals surface area contributed by atoms with E-state index in [1.807, 2.05) is 12.1 Å². The number of benzene rings is 1. The lowest BCUT2D eigenvalue weighted by Gasteiger charge is -2.08. The summed E-state index contributed by atoms with van der Waals surface area (Å²) in [5.74, 6) is 0. The summed E-state index contributed by atoms with van der Waals surface area (Å²) < 4.78 is 0. The van der Waals surface area contributed by atoms with Gasteiger partial charge in [0.2, 0.25) is 0 Å². The first-order valence-corrected chi connectivity index (χ1v) is 4.48. The fourth-order valence-corrected chi connectivity index (χ4v) is 1.61. The van der Waals surface area contributed by atoms with Crippen molar-refractivity contribution < 1.29 is 0 Å². The van der Waals surface area contributed by atoms with Crippen molar-refractivity contribution in [1.82, 2.24) is 0 Å². The maximum atomic E-state index is 6.04. The summed E-state index contributed by atoms with van der Waals surface area (Å²) >= 11 is 6.04. The second-order valence-corrected chi connectivity index (χ2v) is 3.30. The molecule has 1 aromatic carbocycles. The molecule has 0 bridgehead atoms. The van der Waals surface area contributed by atoms with Gasteiger partial charge >= 0.3 is 0 Å². The third-order valence-corrected chi connectivity index (χ3v) is 2.32. The lowest BCUT2D eigenvalue weighted by Crippen LogP contribution is -1.87. The largest absolute Gasteiger partial charge is 0.0952 e.